The van der Waals surface area contributed by atoms with Gasteiger partial charge in [-0.3, -0.25) is 0 Å². The molecule has 0 radical (unpaired) electrons. The first-order valence-corrected chi connectivity index (χ1v) is 18.5. The molecule has 0 aromatic heterocycles. The Morgan fingerprint density at radius 1 is 0.579 bits per heavy atom. The average molecular weight is 817 g/mol. The highest BCUT2D eigenvalue weighted by Gasteiger charge is 2.49. The minimum Gasteiger partial charge on any atom is -0.493 e. The number of benzene rings is 3. The Bertz CT molecular complexity index is 1810. The second-order valence-electron chi connectivity index (χ2n) is 12.8. The molecular formula is C41H44F8O8. The van der Waals surface area contributed by atoms with Gasteiger partial charge in [0.25, 0.3) is 0 Å². The van der Waals surface area contributed by atoms with E-state index in [-0.39, 0.29) is 37.4 Å². The number of alkyl halides is 6. The van der Waals surface area contributed by atoms with Crippen LogP contribution in [0.15, 0.2) is 61.2 Å². The van der Waals surface area contributed by atoms with Gasteiger partial charge in [0.2, 0.25) is 0 Å². The molecule has 3 rings (SSSR count). The van der Waals surface area contributed by atoms with E-state index in [1.165, 1.54) is 12.8 Å². The van der Waals surface area contributed by atoms with E-state index in [0.29, 0.717) is 38.2 Å². The number of hydrogen-bond acceptors (Lipinski definition) is 8. The molecule has 0 aliphatic carbocycles. The monoisotopic (exact) mass is 816 g/mol. The summed E-state index contributed by atoms with van der Waals surface area (Å²) in [5.41, 5.74) is -6.90. The van der Waals surface area contributed by atoms with Crippen molar-refractivity contribution in [3.05, 3.63) is 95.1 Å². The molecule has 3 aromatic rings. The van der Waals surface area contributed by atoms with Gasteiger partial charge in [-0.15, -0.1) is 0 Å². The molecule has 0 saturated heterocycles. The third-order valence-electron chi connectivity index (χ3n) is 8.41. The molecule has 8 nitrogen and oxygen atoms in total. The maximum atomic E-state index is 14.9. The molecule has 0 spiro atoms. The second kappa shape index (κ2) is 22.6. The van der Waals surface area contributed by atoms with Crippen LogP contribution in [0.2, 0.25) is 0 Å². The lowest BCUT2D eigenvalue weighted by atomic mass is 10.0. The van der Waals surface area contributed by atoms with Gasteiger partial charge in [0.1, 0.15) is 45.8 Å². The second-order valence-corrected chi connectivity index (χ2v) is 12.8. The Morgan fingerprint density at radius 3 is 1.33 bits per heavy atom. The van der Waals surface area contributed by atoms with E-state index < -0.39 is 75.6 Å². The molecule has 312 valence electrons. The van der Waals surface area contributed by atoms with Crippen LogP contribution < -0.4 is 18.9 Å². The zero-order valence-electron chi connectivity index (χ0n) is 31.3. The standard InChI is InChI=1S/C41H44F8O8/c1-3-5-6-7-8-9-10-13-22-53-27-16-18-29(31(42)25-27)38(51)56-33-20-21-34(37(41(47,48)49)36(33)40(44,45)46)57-39(52)30-19-17-28(26-32(30)43)54-23-14-11-12-15-24-55-35(50)4-2/h4,16-21,25-26H,2-3,5-15,22-24H2,1H3. The fourth-order valence-corrected chi connectivity index (χ4v) is 5.51. The van der Waals surface area contributed by atoms with Gasteiger partial charge in [0, 0.05) is 18.2 Å². The molecule has 0 N–H and O–H groups in total. The minimum absolute atomic E-state index is 0.0149. The van der Waals surface area contributed by atoms with Crippen molar-refractivity contribution in [3.63, 3.8) is 0 Å². The van der Waals surface area contributed by atoms with Crippen molar-refractivity contribution < 1.29 is 73.2 Å². The summed E-state index contributed by atoms with van der Waals surface area (Å²) in [5.74, 6) is -9.98. The minimum atomic E-state index is -5.85. The molecule has 0 amide bonds. The number of carbonyl (C=O) groups excluding carboxylic acids is 3. The number of halogens is 8. The van der Waals surface area contributed by atoms with Gasteiger partial charge in [-0.2, -0.15) is 26.3 Å². The summed E-state index contributed by atoms with van der Waals surface area (Å²) in [6, 6.07) is 6.06. The van der Waals surface area contributed by atoms with Crippen LogP contribution in [0.1, 0.15) is 116 Å². The number of hydrogen-bond donors (Lipinski definition) is 0. The van der Waals surface area contributed by atoms with Crippen LogP contribution in [0.3, 0.4) is 0 Å². The quantitative estimate of drug-likeness (QED) is 0.0307. The molecule has 0 heterocycles. The first-order valence-electron chi connectivity index (χ1n) is 18.5. The van der Waals surface area contributed by atoms with Crippen molar-refractivity contribution in [2.45, 2.75) is 96.3 Å². The SMILES string of the molecule is C=CC(=O)OCCCCCCOc1ccc(C(=O)Oc2ccc(OC(=O)c3ccc(OCCCCCCCCCC)cc3F)c(C(F)(F)F)c2C(F)(F)F)c(F)c1. The predicted molar refractivity (Wildman–Crippen MR) is 192 cm³/mol. The smallest absolute Gasteiger partial charge is 0.420 e. The van der Waals surface area contributed by atoms with Crippen LogP contribution in [0, 0.1) is 11.6 Å². The lowest BCUT2D eigenvalue weighted by molar-refractivity contribution is -0.163. The number of unbranched alkanes of at least 4 members (excludes halogenated alkanes) is 10. The summed E-state index contributed by atoms with van der Waals surface area (Å²) in [6.45, 7) is 5.97. The molecule has 3 aromatic carbocycles. The summed E-state index contributed by atoms with van der Waals surface area (Å²) in [6.07, 6.45) is 0.0455. The molecule has 0 unspecified atom stereocenters. The Labute approximate surface area is 325 Å². The third-order valence-corrected chi connectivity index (χ3v) is 8.41. The van der Waals surface area contributed by atoms with Crippen LogP contribution in [-0.4, -0.2) is 37.7 Å². The predicted octanol–water partition coefficient (Wildman–Crippen LogP) is 11.6. The molecule has 0 atom stereocenters. The van der Waals surface area contributed by atoms with Gasteiger partial charge < -0.3 is 23.7 Å². The summed E-state index contributed by atoms with van der Waals surface area (Å²) in [4.78, 5) is 36.6. The molecular weight excluding hydrogens is 772 g/mol. The average Bonchev–Trinajstić information content (AvgIpc) is 3.14. The van der Waals surface area contributed by atoms with Crippen LogP contribution in [0.4, 0.5) is 35.1 Å². The lowest BCUT2D eigenvalue weighted by Gasteiger charge is -2.21. The van der Waals surface area contributed by atoms with Crippen LogP contribution in [0.25, 0.3) is 0 Å². The molecule has 0 bridgehead atoms. The highest BCUT2D eigenvalue weighted by atomic mass is 19.4. The van der Waals surface area contributed by atoms with E-state index in [9.17, 15) is 49.5 Å². The van der Waals surface area contributed by atoms with Crippen molar-refractivity contribution >= 4 is 17.9 Å². The van der Waals surface area contributed by atoms with E-state index in [2.05, 4.69) is 23.0 Å². The zero-order chi connectivity index (χ0) is 42.0. The van der Waals surface area contributed by atoms with Crippen molar-refractivity contribution in [1.29, 1.82) is 0 Å². The fraction of sp³-hybridized carbons (Fsp3) is 0.439. The molecule has 0 aliphatic heterocycles. The van der Waals surface area contributed by atoms with Crippen LogP contribution in [-0.2, 0) is 21.9 Å². The summed E-state index contributed by atoms with van der Waals surface area (Å²) >= 11 is 0. The molecule has 0 saturated carbocycles. The van der Waals surface area contributed by atoms with Gasteiger partial charge >= 0.3 is 30.3 Å². The van der Waals surface area contributed by atoms with E-state index in [1.54, 1.807) is 0 Å². The highest BCUT2D eigenvalue weighted by molar-refractivity contribution is 5.93. The molecule has 0 fully saturated rings. The number of carbonyl (C=O) groups is 3. The van der Waals surface area contributed by atoms with Crippen molar-refractivity contribution in [3.8, 4) is 23.0 Å². The summed E-state index contributed by atoms with van der Waals surface area (Å²) in [7, 11) is 0. The molecule has 0 aliphatic rings. The van der Waals surface area contributed by atoms with E-state index in [1.807, 2.05) is 0 Å². The Morgan fingerprint density at radius 2 is 0.965 bits per heavy atom. The molecule has 16 heteroatoms. The highest BCUT2D eigenvalue weighted by Crippen LogP contribution is 2.49. The zero-order valence-corrected chi connectivity index (χ0v) is 31.3. The van der Waals surface area contributed by atoms with Gasteiger partial charge in [-0.1, -0.05) is 58.4 Å². The maximum absolute atomic E-state index is 14.9. The van der Waals surface area contributed by atoms with E-state index >= 15 is 0 Å². The van der Waals surface area contributed by atoms with Gasteiger partial charge in [0.15, 0.2) is 0 Å². The Balaban J connectivity index is 1.68. The molecule has 57 heavy (non-hydrogen) atoms. The largest absolute Gasteiger partial charge is 0.493 e. The van der Waals surface area contributed by atoms with Gasteiger partial charge in [-0.05, 0) is 68.5 Å². The normalized spacial score (nSPS) is 11.5. The fourth-order valence-electron chi connectivity index (χ4n) is 5.51. The topological polar surface area (TPSA) is 97.4 Å². The maximum Gasteiger partial charge on any atom is 0.420 e. The van der Waals surface area contributed by atoms with Gasteiger partial charge in [0.05, 0.1) is 30.9 Å². The van der Waals surface area contributed by atoms with E-state index in [4.69, 9.17) is 14.2 Å². The van der Waals surface area contributed by atoms with Crippen molar-refractivity contribution in [2.24, 2.45) is 0 Å². The van der Waals surface area contributed by atoms with Gasteiger partial charge in [-0.25, -0.2) is 23.2 Å². The van der Waals surface area contributed by atoms with Crippen molar-refractivity contribution in [2.75, 3.05) is 19.8 Å². The Kier molecular flexibility index (Phi) is 18.3. The van der Waals surface area contributed by atoms with Crippen molar-refractivity contribution in [1.82, 2.24) is 0 Å². The lowest BCUT2D eigenvalue weighted by Crippen LogP contribution is -2.23. The summed E-state index contributed by atoms with van der Waals surface area (Å²) in [5, 5.41) is 0. The number of ether oxygens (including phenoxy) is 5. The Hall–Kier alpha value is -5.15. The van der Waals surface area contributed by atoms with Crippen LogP contribution >= 0.6 is 0 Å². The van der Waals surface area contributed by atoms with Crippen LogP contribution in [0.5, 0.6) is 23.0 Å². The first kappa shape index (κ1) is 46.2. The summed E-state index contributed by atoms with van der Waals surface area (Å²) < 4.78 is 140. The number of esters is 3. The third kappa shape index (κ3) is 15.0. The first-order chi connectivity index (χ1) is 27.1. The van der Waals surface area contributed by atoms with E-state index in [0.717, 1.165) is 74.6 Å². The number of rotatable bonds is 23.